The van der Waals surface area contributed by atoms with Crippen LogP contribution in [-0.4, -0.2) is 24.0 Å². The van der Waals surface area contributed by atoms with E-state index in [0.29, 0.717) is 12.5 Å². The molecule has 1 aromatic heterocycles. The lowest BCUT2D eigenvalue weighted by molar-refractivity contribution is -0.118. The van der Waals surface area contributed by atoms with E-state index in [-0.39, 0.29) is 5.91 Å². The zero-order valence-corrected chi connectivity index (χ0v) is 11.0. The molecule has 94 valence electrons. The molecule has 0 aliphatic heterocycles. The van der Waals surface area contributed by atoms with Gasteiger partial charge in [-0.15, -0.1) is 0 Å². The summed E-state index contributed by atoms with van der Waals surface area (Å²) in [6, 6.07) is 4.16. The van der Waals surface area contributed by atoms with Crippen molar-refractivity contribution >= 4 is 17.4 Å². The second-order valence-corrected chi connectivity index (χ2v) is 4.40. The van der Waals surface area contributed by atoms with Crippen molar-refractivity contribution in [3.05, 3.63) is 18.3 Å². The molecule has 0 aliphatic carbocycles. The average molecular weight is 235 g/mol. The van der Waals surface area contributed by atoms with Gasteiger partial charge in [-0.2, -0.15) is 0 Å². The first-order valence-electron chi connectivity index (χ1n) is 6.03. The molecule has 0 spiro atoms. The molecule has 0 unspecified atom stereocenters. The average Bonchev–Trinajstić information content (AvgIpc) is 2.28. The number of carbonyl (C=O) groups is 1. The zero-order chi connectivity index (χ0) is 12.8. The van der Waals surface area contributed by atoms with Crippen LogP contribution in [0.4, 0.5) is 11.5 Å². The van der Waals surface area contributed by atoms with Gasteiger partial charge in [0.25, 0.3) is 0 Å². The molecule has 0 radical (unpaired) electrons. The second-order valence-electron chi connectivity index (χ2n) is 4.40. The van der Waals surface area contributed by atoms with Crippen LogP contribution in [0.2, 0.25) is 0 Å². The number of aromatic nitrogens is 1. The molecular weight excluding hydrogens is 214 g/mol. The highest BCUT2D eigenvalue weighted by Gasteiger charge is 2.09. The Bertz CT molecular complexity index is 359. The van der Waals surface area contributed by atoms with Crippen LogP contribution in [0.5, 0.6) is 0 Å². The second kappa shape index (κ2) is 6.23. The molecule has 1 N–H and O–H groups in total. The summed E-state index contributed by atoms with van der Waals surface area (Å²) >= 11 is 0. The fourth-order valence-electron chi connectivity index (χ4n) is 1.49. The molecule has 1 rings (SSSR count). The number of hydrogen-bond acceptors (Lipinski definition) is 3. The Morgan fingerprint density at radius 2 is 2.18 bits per heavy atom. The fraction of sp³-hybridized carbons (Fsp3) is 0.538. The summed E-state index contributed by atoms with van der Waals surface area (Å²) in [5, 5.41) is 3.21. The monoisotopic (exact) mass is 235 g/mol. The Hall–Kier alpha value is -1.58. The highest BCUT2D eigenvalue weighted by molar-refractivity contribution is 5.92. The van der Waals surface area contributed by atoms with Crippen molar-refractivity contribution in [2.24, 2.45) is 0 Å². The summed E-state index contributed by atoms with van der Waals surface area (Å²) in [6.45, 7) is 6.12. The number of nitrogens with one attached hydrogen (secondary N) is 1. The maximum Gasteiger partial charge on any atom is 0.226 e. The number of rotatable bonds is 5. The summed E-state index contributed by atoms with van der Waals surface area (Å²) in [4.78, 5) is 17.6. The quantitative estimate of drug-likeness (QED) is 0.853. The third kappa shape index (κ3) is 4.06. The summed E-state index contributed by atoms with van der Waals surface area (Å²) in [7, 11) is 1.78. The molecule has 0 saturated heterocycles. The van der Waals surface area contributed by atoms with E-state index < -0.39 is 0 Å². The van der Waals surface area contributed by atoms with Crippen LogP contribution in [-0.2, 0) is 4.79 Å². The SMILES string of the molecule is CCCC(=O)N(C)c1ccc(NC(C)C)nc1. The first-order valence-corrected chi connectivity index (χ1v) is 6.03. The van der Waals surface area contributed by atoms with Crippen molar-refractivity contribution in [3.63, 3.8) is 0 Å². The summed E-state index contributed by atoms with van der Waals surface area (Å²) in [6.07, 6.45) is 3.16. The number of amides is 1. The highest BCUT2D eigenvalue weighted by Crippen LogP contribution is 2.15. The van der Waals surface area contributed by atoms with Crippen LogP contribution in [0.3, 0.4) is 0 Å². The van der Waals surface area contributed by atoms with Gasteiger partial charge in [0, 0.05) is 19.5 Å². The van der Waals surface area contributed by atoms with Gasteiger partial charge in [0.05, 0.1) is 11.9 Å². The van der Waals surface area contributed by atoms with E-state index in [1.54, 1.807) is 18.1 Å². The first-order chi connectivity index (χ1) is 8.04. The maximum atomic E-state index is 11.7. The maximum absolute atomic E-state index is 11.7. The highest BCUT2D eigenvalue weighted by atomic mass is 16.2. The normalized spacial score (nSPS) is 10.4. The van der Waals surface area contributed by atoms with Crippen LogP contribution in [0.1, 0.15) is 33.6 Å². The molecule has 4 heteroatoms. The lowest BCUT2D eigenvalue weighted by atomic mass is 10.3. The van der Waals surface area contributed by atoms with Crippen molar-refractivity contribution in [1.29, 1.82) is 0 Å². The Kier molecular flexibility index (Phi) is 4.94. The van der Waals surface area contributed by atoms with E-state index in [9.17, 15) is 4.79 Å². The smallest absolute Gasteiger partial charge is 0.226 e. The van der Waals surface area contributed by atoms with Crippen molar-refractivity contribution in [2.45, 2.75) is 39.7 Å². The lowest BCUT2D eigenvalue weighted by Gasteiger charge is -2.17. The molecule has 0 bridgehead atoms. The summed E-state index contributed by atoms with van der Waals surface area (Å²) in [5.41, 5.74) is 0.831. The Balaban J connectivity index is 2.70. The minimum atomic E-state index is 0.124. The van der Waals surface area contributed by atoms with Gasteiger partial charge >= 0.3 is 0 Å². The molecule has 0 atom stereocenters. The van der Waals surface area contributed by atoms with E-state index in [0.717, 1.165) is 17.9 Å². The predicted octanol–water partition coefficient (Wildman–Crippen LogP) is 2.66. The van der Waals surface area contributed by atoms with Crippen LogP contribution < -0.4 is 10.2 Å². The van der Waals surface area contributed by atoms with Gasteiger partial charge in [-0.3, -0.25) is 4.79 Å². The topological polar surface area (TPSA) is 45.2 Å². The number of nitrogens with zero attached hydrogens (tertiary/aromatic N) is 2. The van der Waals surface area contributed by atoms with Gasteiger partial charge in [0.15, 0.2) is 0 Å². The van der Waals surface area contributed by atoms with Gasteiger partial charge in [0.1, 0.15) is 5.82 Å². The predicted molar refractivity (Wildman–Crippen MR) is 71.3 cm³/mol. The van der Waals surface area contributed by atoms with Crippen molar-refractivity contribution in [3.8, 4) is 0 Å². The first kappa shape index (κ1) is 13.5. The van der Waals surface area contributed by atoms with Gasteiger partial charge < -0.3 is 10.2 Å². The Morgan fingerprint density at radius 3 is 2.65 bits per heavy atom. The third-order valence-electron chi connectivity index (χ3n) is 2.41. The Labute approximate surface area is 103 Å². The third-order valence-corrected chi connectivity index (χ3v) is 2.41. The van der Waals surface area contributed by atoms with Crippen LogP contribution in [0.15, 0.2) is 18.3 Å². The van der Waals surface area contributed by atoms with Crippen LogP contribution >= 0.6 is 0 Å². The largest absolute Gasteiger partial charge is 0.368 e. The molecule has 1 aromatic rings. The van der Waals surface area contributed by atoms with E-state index in [1.807, 2.05) is 19.1 Å². The van der Waals surface area contributed by atoms with Crippen molar-refractivity contribution in [2.75, 3.05) is 17.3 Å². The molecule has 0 fully saturated rings. The van der Waals surface area contributed by atoms with Crippen molar-refractivity contribution in [1.82, 2.24) is 4.98 Å². The lowest BCUT2D eigenvalue weighted by Crippen LogP contribution is -2.25. The molecule has 0 aromatic carbocycles. The zero-order valence-electron chi connectivity index (χ0n) is 11.0. The minimum absolute atomic E-state index is 0.124. The van der Waals surface area contributed by atoms with E-state index in [4.69, 9.17) is 0 Å². The van der Waals surface area contributed by atoms with E-state index >= 15 is 0 Å². The van der Waals surface area contributed by atoms with E-state index in [1.165, 1.54) is 0 Å². The van der Waals surface area contributed by atoms with E-state index in [2.05, 4.69) is 24.1 Å². The van der Waals surface area contributed by atoms with Gasteiger partial charge in [0.2, 0.25) is 5.91 Å². The molecule has 0 aliphatic rings. The van der Waals surface area contributed by atoms with Gasteiger partial charge in [-0.1, -0.05) is 6.92 Å². The molecular formula is C13H21N3O. The van der Waals surface area contributed by atoms with Gasteiger partial charge in [-0.25, -0.2) is 4.98 Å². The number of anilines is 2. The fourth-order valence-corrected chi connectivity index (χ4v) is 1.49. The molecule has 0 saturated carbocycles. The molecule has 1 heterocycles. The summed E-state index contributed by atoms with van der Waals surface area (Å²) in [5.74, 6) is 0.957. The Morgan fingerprint density at radius 1 is 1.47 bits per heavy atom. The number of pyridine rings is 1. The molecule has 17 heavy (non-hydrogen) atoms. The molecule has 1 amide bonds. The van der Waals surface area contributed by atoms with Gasteiger partial charge in [-0.05, 0) is 32.4 Å². The molecule has 4 nitrogen and oxygen atoms in total. The van der Waals surface area contributed by atoms with Crippen molar-refractivity contribution < 1.29 is 4.79 Å². The minimum Gasteiger partial charge on any atom is -0.368 e. The van der Waals surface area contributed by atoms with Crippen LogP contribution in [0.25, 0.3) is 0 Å². The number of carbonyl (C=O) groups excluding carboxylic acids is 1. The van der Waals surface area contributed by atoms with Crippen LogP contribution in [0, 0.1) is 0 Å². The standard InChI is InChI=1S/C13H21N3O/c1-5-6-13(17)16(4)11-7-8-12(14-9-11)15-10(2)3/h7-10H,5-6H2,1-4H3,(H,14,15). The summed E-state index contributed by atoms with van der Waals surface area (Å²) < 4.78 is 0. The number of hydrogen-bond donors (Lipinski definition) is 1.